The normalized spacial score (nSPS) is 14.5. The molecular weight excluding hydrogens is 208 g/mol. The summed E-state index contributed by atoms with van der Waals surface area (Å²) in [5, 5.41) is 0. The van der Waals surface area contributed by atoms with Crippen LogP contribution in [0.5, 0.6) is 0 Å². The first-order valence-corrected chi connectivity index (χ1v) is 6.06. The molecule has 0 amide bonds. The second-order valence-corrected chi connectivity index (χ2v) is 5.82. The third kappa shape index (κ3) is 4.02. The van der Waals surface area contributed by atoms with Gasteiger partial charge >= 0.3 is 0 Å². The molecular formula is C7H16N2O2S2. The topological polar surface area (TPSA) is 63.4 Å². The number of hydrogen-bond acceptors (Lipinski definition) is 3. The predicted molar refractivity (Wildman–Crippen MR) is 58.0 cm³/mol. The average Bonchev–Trinajstić information content (AvgIpc) is 2.04. The molecule has 6 heteroatoms. The van der Waals surface area contributed by atoms with Crippen molar-refractivity contribution in [3.8, 4) is 0 Å². The van der Waals surface area contributed by atoms with E-state index in [9.17, 15) is 8.42 Å². The molecule has 0 saturated heterocycles. The molecule has 0 aliphatic heterocycles. The summed E-state index contributed by atoms with van der Waals surface area (Å²) in [5.41, 5.74) is 5.38. The maximum atomic E-state index is 11.3. The fourth-order valence-electron chi connectivity index (χ4n) is 0.810. The third-order valence-corrected chi connectivity index (χ3v) is 4.09. The second kappa shape index (κ2) is 4.88. The highest BCUT2D eigenvalue weighted by Gasteiger charge is 2.18. The minimum atomic E-state index is -3.11. The molecule has 0 aromatic carbocycles. The van der Waals surface area contributed by atoms with Crippen molar-refractivity contribution in [2.45, 2.75) is 13.8 Å². The first-order chi connectivity index (χ1) is 5.81. The molecule has 13 heavy (non-hydrogen) atoms. The Balaban J connectivity index is 4.32. The molecule has 1 unspecified atom stereocenters. The Labute approximate surface area is 85.1 Å². The number of rotatable bonds is 5. The van der Waals surface area contributed by atoms with E-state index in [4.69, 9.17) is 18.0 Å². The first-order valence-electron chi connectivity index (χ1n) is 4.04. The zero-order valence-corrected chi connectivity index (χ0v) is 9.78. The van der Waals surface area contributed by atoms with E-state index < -0.39 is 10.0 Å². The van der Waals surface area contributed by atoms with E-state index in [1.54, 1.807) is 6.92 Å². The van der Waals surface area contributed by atoms with Gasteiger partial charge in [-0.05, 0) is 6.92 Å². The molecule has 0 aliphatic carbocycles. The molecule has 0 fully saturated rings. The lowest BCUT2D eigenvalue weighted by atomic mass is 10.2. The van der Waals surface area contributed by atoms with Gasteiger partial charge in [-0.15, -0.1) is 0 Å². The van der Waals surface area contributed by atoms with Gasteiger partial charge in [0.15, 0.2) is 0 Å². The second-order valence-electron chi connectivity index (χ2n) is 2.98. The van der Waals surface area contributed by atoms with E-state index in [2.05, 4.69) is 0 Å². The number of nitrogens with two attached hydrogens (primary N) is 1. The van der Waals surface area contributed by atoms with Crippen molar-refractivity contribution in [2.75, 3.05) is 19.3 Å². The molecule has 0 saturated carbocycles. The minimum Gasteiger partial charge on any atom is -0.393 e. The van der Waals surface area contributed by atoms with Crippen molar-refractivity contribution < 1.29 is 8.42 Å². The van der Waals surface area contributed by atoms with Crippen molar-refractivity contribution >= 4 is 27.2 Å². The van der Waals surface area contributed by atoms with Gasteiger partial charge in [-0.1, -0.05) is 19.1 Å². The van der Waals surface area contributed by atoms with Crippen molar-refractivity contribution in [3.05, 3.63) is 0 Å². The Kier molecular flexibility index (Phi) is 4.80. The lowest BCUT2D eigenvalue weighted by Crippen LogP contribution is -2.36. The van der Waals surface area contributed by atoms with E-state index >= 15 is 0 Å². The fraction of sp³-hybridized carbons (Fsp3) is 0.857. The number of nitrogens with zero attached hydrogens (tertiary/aromatic N) is 1. The summed E-state index contributed by atoms with van der Waals surface area (Å²) in [5.74, 6) is 0.0226. The van der Waals surface area contributed by atoms with Gasteiger partial charge in [0.2, 0.25) is 10.0 Å². The van der Waals surface area contributed by atoms with Gasteiger partial charge in [-0.3, -0.25) is 0 Å². The molecule has 0 heterocycles. The van der Waals surface area contributed by atoms with Crippen LogP contribution in [0.3, 0.4) is 0 Å². The molecule has 0 aromatic rings. The summed E-state index contributed by atoms with van der Waals surface area (Å²) in [6.45, 7) is 3.77. The molecule has 4 nitrogen and oxygen atoms in total. The monoisotopic (exact) mass is 224 g/mol. The summed E-state index contributed by atoms with van der Waals surface area (Å²) in [6.07, 6.45) is 0. The van der Waals surface area contributed by atoms with E-state index in [-0.39, 0.29) is 11.7 Å². The van der Waals surface area contributed by atoms with Gasteiger partial charge in [-0.2, -0.15) is 0 Å². The molecule has 2 N–H and O–H groups in total. The maximum absolute atomic E-state index is 11.3. The third-order valence-electron chi connectivity index (χ3n) is 1.86. The Hall–Kier alpha value is -0.200. The summed E-state index contributed by atoms with van der Waals surface area (Å²) in [7, 11) is -1.57. The summed E-state index contributed by atoms with van der Waals surface area (Å²) >= 11 is 4.75. The van der Waals surface area contributed by atoms with Crippen LogP contribution in [0.2, 0.25) is 0 Å². The molecule has 0 aromatic heterocycles. The summed E-state index contributed by atoms with van der Waals surface area (Å²) < 4.78 is 23.9. The minimum absolute atomic E-state index is 0.0821. The standard InChI is InChI=1S/C7H16N2O2S2/c1-4-13(10,11)9(3)5-6(2)7(8)12/h6H,4-5H2,1-3H3,(H2,8,12). The van der Waals surface area contributed by atoms with E-state index in [0.717, 1.165) is 0 Å². The smallest absolute Gasteiger partial charge is 0.213 e. The molecule has 0 spiro atoms. The van der Waals surface area contributed by atoms with Gasteiger partial charge in [0.25, 0.3) is 0 Å². The molecule has 0 radical (unpaired) electrons. The Morgan fingerprint density at radius 2 is 2.08 bits per heavy atom. The Morgan fingerprint density at radius 1 is 1.62 bits per heavy atom. The molecule has 78 valence electrons. The Morgan fingerprint density at radius 3 is 2.38 bits per heavy atom. The van der Waals surface area contributed by atoms with Gasteiger partial charge in [0.1, 0.15) is 0 Å². The van der Waals surface area contributed by atoms with Gasteiger partial charge < -0.3 is 5.73 Å². The van der Waals surface area contributed by atoms with Crippen LogP contribution in [-0.4, -0.2) is 37.1 Å². The van der Waals surface area contributed by atoms with Gasteiger partial charge in [0, 0.05) is 19.5 Å². The number of sulfonamides is 1. The Bertz CT molecular complexity index is 274. The van der Waals surface area contributed by atoms with Crippen molar-refractivity contribution in [1.82, 2.24) is 4.31 Å². The average molecular weight is 224 g/mol. The SMILES string of the molecule is CCS(=O)(=O)N(C)CC(C)C(N)=S. The van der Waals surface area contributed by atoms with E-state index in [1.807, 2.05) is 6.92 Å². The highest BCUT2D eigenvalue weighted by molar-refractivity contribution is 7.89. The van der Waals surface area contributed by atoms with Crippen LogP contribution in [0.4, 0.5) is 0 Å². The molecule has 0 aliphatic rings. The highest BCUT2D eigenvalue weighted by atomic mass is 32.2. The fourth-order valence-corrected chi connectivity index (χ4v) is 1.78. The summed E-state index contributed by atoms with van der Waals surface area (Å²) in [4.78, 5) is 0.346. The predicted octanol–water partition coefficient (Wildman–Crippen LogP) is 0.190. The van der Waals surface area contributed by atoms with Gasteiger partial charge in [0.05, 0.1) is 10.7 Å². The summed E-state index contributed by atoms with van der Waals surface area (Å²) in [6, 6.07) is 0. The van der Waals surface area contributed by atoms with Crippen molar-refractivity contribution in [2.24, 2.45) is 11.7 Å². The maximum Gasteiger partial charge on any atom is 0.213 e. The lowest BCUT2D eigenvalue weighted by molar-refractivity contribution is 0.446. The van der Waals surface area contributed by atoms with Crippen LogP contribution in [0.15, 0.2) is 0 Å². The van der Waals surface area contributed by atoms with Crippen LogP contribution >= 0.6 is 12.2 Å². The van der Waals surface area contributed by atoms with Crippen LogP contribution in [0.1, 0.15) is 13.8 Å². The lowest BCUT2D eigenvalue weighted by Gasteiger charge is -2.19. The van der Waals surface area contributed by atoms with Crippen LogP contribution in [0, 0.1) is 5.92 Å². The zero-order chi connectivity index (χ0) is 10.6. The molecule has 0 rings (SSSR count). The first kappa shape index (κ1) is 12.8. The van der Waals surface area contributed by atoms with Crippen molar-refractivity contribution in [1.29, 1.82) is 0 Å². The molecule has 0 bridgehead atoms. The number of thiocarbonyl (C=S) groups is 1. The number of hydrogen-bond donors (Lipinski definition) is 1. The van der Waals surface area contributed by atoms with Crippen LogP contribution in [-0.2, 0) is 10.0 Å². The highest BCUT2D eigenvalue weighted by Crippen LogP contribution is 2.03. The van der Waals surface area contributed by atoms with Gasteiger partial charge in [-0.25, -0.2) is 12.7 Å². The van der Waals surface area contributed by atoms with E-state index in [0.29, 0.717) is 11.5 Å². The molecule has 1 atom stereocenters. The van der Waals surface area contributed by atoms with Crippen molar-refractivity contribution in [3.63, 3.8) is 0 Å². The van der Waals surface area contributed by atoms with E-state index in [1.165, 1.54) is 11.4 Å². The quantitative estimate of drug-likeness (QED) is 0.677. The largest absolute Gasteiger partial charge is 0.393 e. The van der Waals surface area contributed by atoms with Crippen LogP contribution < -0.4 is 5.73 Å². The zero-order valence-electron chi connectivity index (χ0n) is 8.15. The van der Waals surface area contributed by atoms with Crippen LogP contribution in [0.25, 0.3) is 0 Å².